The first-order chi connectivity index (χ1) is 11.2. The van der Waals surface area contributed by atoms with Gasteiger partial charge in [0.2, 0.25) is 5.91 Å². The molecule has 136 valence electrons. The molecule has 24 heavy (non-hydrogen) atoms. The van der Waals surface area contributed by atoms with Gasteiger partial charge in [0.1, 0.15) is 12.2 Å². The third-order valence-electron chi connectivity index (χ3n) is 4.23. The van der Waals surface area contributed by atoms with Gasteiger partial charge in [0.05, 0.1) is 6.54 Å². The molecular weight excluding hydrogens is 421 g/mol. The number of hydrogen-bond acceptors (Lipinski definition) is 4. The van der Waals surface area contributed by atoms with Gasteiger partial charge in [-0.1, -0.05) is 6.92 Å². The summed E-state index contributed by atoms with van der Waals surface area (Å²) >= 11 is 0. The lowest BCUT2D eigenvalue weighted by Crippen LogP contribution is -2.42. The summed E-state index contributed by atoms with van der Waals surface area (Å²) in [5.41, 5.74) is 0. The highest BCUT2D eigenvalue weighted by Gasteiger charge is 2.26. The van der Waals surface area contributed by atoms with E-state index < -0.39 is 0 Å². The SMILES string of the molecule is CCC(CCNC(=NC)NCc1ncnn1C)N1CCCC1=O.I. The molecular formula is C15H28IN7O. The summed E-state index contributed by atoms with van der Waals surface area (Å²) in [5, 5.41) is 10.6. The van der Waals surface area contributed by atoms with Gasteiger partial charge in [0.25, 0.3) is 0 Å². The minimum Gasteiger partial charge on any atom is -0.356 e. The number of halogens is 1. The van der Waals surface area contributed by atoms with Crippen molar-refractivity contribution in [2.45, 2.75) is 45.2 Å². The van der Waals surface area contributed by atoms with E-state index in [-0.39, 0.29) is 24.0 Å². The van der Waals surface area contributed by atoms with E-state index in [0.717, 1.165) is 44.1 Å². The van der Waals surface area contributed by atoms with Gasteiger partial charge >= 0.3 is 0 Å². The van der Waals surface area contributed by atoms with Crippen LogP contribution in [0.2, 0.25) is 0 Å². The molecule has 2 rings (SSSR count). The first-order valence-corrected chi connectivity index (χ1v) is 8.22. The van der Waals surface area contributed by atoms with Crippen LogP contribution in [0, 0.1) is 0 Å². The zero-order valence-electron chi connectivity index (χ0n) is 14.7. The fraction of sp³-hybridized carbons (Fsp3) is 0.733. The molecule has 9 heteroatoms. The van der Waals surface area contributed by atoms with Gasteiger partial charge in [-0.05, 0) is 19.3 Å². The second-order valence-electron chi connectivity index (χ2n) is 5.69. The van der Waals surface area contributed by atoms with Crippen LogP contribution in [0.15, 0.2) is 11.3 Å². The maximum atomic E-state index is 11.8. The molecule has 8 nitrogen and oxygen atoms in total. The maximum Gasteiger partial charge on any atom is 0.222 e. The van der Waals surface area contributed by atoms with Crippen molar-refractivity contribution in [3.05, 3.63) is 12.2 Å². The smallest absolute Gasteiger partial charge is 0.222 e. The van der Waals surface area contributed by atoms with E-state index in [1.165, 1.54) is 6.33 Å². The van der Waals surface area contributed by atoms with Crippen LogP contribution in [0.3, 0.4) is 0 Å². The standard InChI is InChI=1S/C15H27N7O.HI/c1-4-12(22-9-5-6-14(22)23)7-8-17-15(16-2)18-10-13-19-11-20-21(13)3;/h11-12H,4-10H2,1-3H3,(H2,16,17,18);1H. The molecule has 0 bridgehead atoms. The van der Waals surface area contributed by atoms with Crippen LogP contribution in [0.25, 0.3) is 0 Å². The minimum absolute atomic E-state index is 0. The predicted molar refractivity (Wildman–Crippen MR) is 104 cm³/mol. The van der Waals surface area contributed by atoms with Gasteiger partial charge in [-0.15, -0.1) is 24.0 Å². The van der Waals surface area contributed by atoms with Crippen LogP contribution in [0.5, 0.6) is 0 Å². The highest BCUT2D eigenvalue weighted by molar-refractivity contribution is 14.0. The second kappa shape index (κ2) is 10.5. The molecule has 1 aliphatic heterocycles. The lowest BCUT2D eigenvalue weighted by Gasteiger charge is -2.27. The van der Waals surface area contributed by atoms with E-state index in [9.17, 15) is 4.79 Å². The summed E-state index contributed by atoms with van der Waals surface area (Å²) in [7, 11) is 3.60. The van der Waals surface area contributed by atoms with Gasteiger partial charge in [-0.25, -0.2) is 4.98 Å². The predicted octanol–water partition coefficient (Wildman–Crippen LogP) is 0.889. The van der Waals surface area contributed by atoms with Crippen LogP contribution >= 0.6 is 24.0 Å². The Morgan fingerprint density at radius 2 is 2.25 bits per heavy atom. The van der Waals surface area contributed by atoms with Crippen molar-refractivity contribution in [2.24, 2.45) is 12.0 Å². The second-order valence-corrected chi connectivity index (χ2v) is 5.69. The van der Waals surface area contributed by atoms with Crippen molar-refractivity contribution in [1.82, 2.24) is 30.3 Å². The summed E-state index contributed by atoms with van der Waals surface area (Å²) in [5.74, 6) is 1.87. The normalized spacial score (nSPS) is 16.0. The van der Waals surface area contributed by atoms with Gasteiger partial charge in [-0.2, -0.15) is 5.10 Å². The Balaban J connectivity index is 0.00000288. The highest BCUT2D eigenvalue weighted by Crippen LogP contribution is 2.17. The molecule has 2 N–H and O–H groups in total. The summed E-state index contributed by atoms with van der Waals surface area (Å²) in [6, 6.07) is 0.314. The number of aryl methyl sites for hydroxylation is 1. The number of amides is 1. The molecule has 1 saturated heterocycles. The Morgan fingerprint density at radius 3 is 2.79 bits per heavy atom. The molecule has 0 radical (unpaired) electrons. The van der Waals surface area contributed by atoms with Gasteiger partial charge < -0.3 is 15.5 Å². The monoisotopic (exact) mass is 449 g/mol. The first-order valence-electron chi connectivity index (χ1n) is 8.22. The van der Waals surface area contributed by atoms with Gasteiger partial charge in [-0.3, -0.25) is 14.5 Å². The number of hydrogen-bond donors (Lipinski definition) is 2. The maximum absolute atomic E-state index is 11.8. The molecule has 1 atom stereocenters. The number of aromatic nitrogens is 3. The molecule has 1 aromatic rings. The number of guanidine groups is 1. The quantitative estimate of drug-likeness (QED) is 0.367. The molecule has 1 amide bonds. The lowest BCUT2D eigenvalue weighted by atomic mass is 10.1. The Kier molecular flexibility index (Phi) is 9.01. The van der Waals surface area contributed by atoms with Crippen molar-refractivity contribution in [3.8, 4) is 0 Å². The van der Waals surface area contributed by atoms with E-state index in [1.54, 1.807) is 11.7 Å². The Morgan fingerprint density at radius 1 is 1.46 bits per heavy atom. The number of rotatable bonds is 7. The van der Waals surface area contributed by atoms with Gasteiger partial charge in [0.15, 0.2) is 5.96 Å². The van der Waals surface area contributed by atoms with Crippen LogP contribution in [0.4, 0.5) is 0 Å². The zero-order valence-corrected chi connectivity index (χ0v) is 17.0. The fourth-order valence-electron chi connectivity index (χ4n) is 2.86. The first kappa shape index (κ1) is 20.7. The molecule has 0 spiro atoms. The van der Waals surface area contributed by atoms with Crippen molar-refractivity contribution in [1.29, 1.82) is 0 Å². The van der Waals surface area contributed by atoms with E-state index in [2.05, 4.69) is 32.6 Å². The zero-order chi connectivity index (χ0) is 16.7. The number of nitrogens with one attached hydrogen (secondary N) is 2. The molecule has 0 aliphatic carbocycles. The van der Waals surface area contributed by atoms with Gasteiger partial charge in [0, 0.05) is 39.6 Å². The van der Waals surface area contributed by atoms with Crippen molar-refractivity contribution in [2.75, 3.05) is 20.1 Å². The average molecular weight is 449 g/mol. The van der Waals surface area contributed by atoms with Crippen molar-refractivity contribution in [3.63, 3.8) is 0 Å². The van der Waals surface area contributed by atoms with Crippen LogP contribution in [0.1, 0.15) is 38.4 Å². The van der Waals surface area contributed by atoms with E-state index in [1.807, 2.05) is 11.9 Å². The van der Waals surface area contributed by atoms with Crippen molar-refractivity contribution < 1.29 is 4.79 Å². The Hall–Kier alpha value is -1.39. The number of carbonyl (C=O) groups excluding carboxylic acids is 1. The summed E-state index contributed by atoms with van der Waals surface area (Å²) in [6.07, 6.45) is 5.13. The fourth-order valence-corrected chi connectivity index (χ4v) is 2.86. The Bertz CT molecular complexity index is 546. The molecule has 0 saturated carbocycles. The number of carbonyl (C=O) groups is 1. The summed E-state index contributed by atoms with van der Waals surface area (Å²) < 4.78 is 1.73. The molecule has 0 aromatic carbocycles. The number of nitrogens with zero attached hydrogens (tertiary/aromatic N) is 5. The molecule has 1 aliphatic rings. The summed E-state index contributed by atoms with van der Waals surface area (Å²) in [6.45, 7) is 4.38. The van der Waals surface area contributed by atoms with Crippen LogP contribution in [-0.4, -0.2) is 57.7 Å². The van der Waals surface area contributed by atoms with Crippen LogP contribution in [-0.2, 0) is 18.4 Å². The number of likely N-dealkylation sites (tertiary alicyclic amines) is 1. The number of aliphatic imine (C=N–C) groups is 1. The topological polar surface area (TPSA) is 87.4 Å². The Labute approximate surface area is 160 Å². The molecule has 2 heterocycles. The molecule has 1 fully saturated rings. The average Bonchev–Trinajstić information content (AvgIpc) is 3.15. The third kappa shape index (κ3) is 5.60. The van der Waals surface area contributed by atoms with Crippen molar-refractivity contribution >= 4 is 35.8 Å². The molecule has 1 aromatic heterocycles. The third-order valence-corrected chi connectivity index (χ3v) is 4.23. The largest absolute Gasteiger partial charge is 0.356 e. The highest BCUT2D eigenvalue weighted by atomic mass is 127. The summed E-state index contributed by atoms with van der Waals surface area (Å²) in [4.78, 5) is 22.2. The van der Waals surface area contributed by atoms with Crippen LogP contribution < -0.4 is 10.6 Å². The minimum atomic E-state index is 0. The van der Waals surface area contributed by atoms with E-state index in [4.69, 9.17) is 0 Å². The van der Waals surface area contributed by atoms with E-state index >= 15 is 0 Å². The lowest BCUT2D eigenvalue weighted by molar-refractivity contribution is -0.129. The molecule has 1 unspecified atom stereocenters. The van der Waals surface area contributed by atoms with E-state index in [0.29, 0.717) is 24.9 Å².